The van der Waals surface area contributed by atoms with E-state index in [0.29, 0.717) is 27.7 Å². The monoisotopic (exact) mass is 391 g/mol. The van der Waals surface area contributed by atoms with E-state index in [1.807, 2.05) is 56.3 Å². The lowest BCUT2D eigenvalue weighted by molar-refractivity contribution is 0.102. The average molecular weight is 392 g/mol. The van der Waals surface area contributed by atoms with Crippen molar-refractivity contribution in [1.29, 1.82) is 0 Å². The van der Waals surface area contributed by atoms with Crippen molar-refractivity contribution in [2.45, 2.75) is 20.3 Å². The molecule has 7 heteroatoms. The van der Waals surface area contributed by atoms with E-state index in [9.17, 15) is 4.79 Å². The Morgan fingerprint density at radius 2 is 2.00 bits per heavy atom. The lowest BCUT2D eigenvalue weighted by Crippen LogP contribution is -2.16. The predicted molar refractivity (Wildman–Crippen MR) is 110 cm³/mol. The highest BCUT2D eigenvalue weighted by molar-refractivity contribution is 6.33. The first-order valence-corrected chi connectivity index (χ1v) is 9.31. The Kier molecular flexibility index (Phi) is 4.79. The summed E-state index contributed by atoms with van der Waals surface area (Å²) in [6.07, 6.45) is 2.31. The summed E-state index contributed by atoms with van der Waals surface area (Å²) in [5.41, 5.74) is 4.87. The molecule has 0 spiro atoms. The number of hydrogen-bond donors (Lipinski definition) is 1. The minimum atomic E-state index is -0.288. The molecule has 0 fully saturated rings. The fourth-order valence-corrected chi connectivity index (χ4v) is 3.26. The molecule has 0 radical (unpaired) electrons. The van der Waals surface area contributed by atoms with Crippen LogP contribution in [-0.4, -0.2) is 25.5 Å². The van der Waals surface area contributed by atoms with Gasteiger partial charge in [-0.25, -0.2) is 9.50 Å². The van der Waals surface area contributed by atoms with E-state index in [1.54, 1.807) is 6.07 Å². The molecule has 0 unspecified atom stereocenters. The normalized spacial score (nSPS) is 11.0. The van der Waals surface area contributed by atoms with Gasteiger partial charge >= 0.3 is 0 Å². The van der Waals surface area contributed by atoms with Crippen LogP contribution in [0.1, 0.15) is 28.8 Å². The predicted octanol–water partition coefficient (Wildman–Crippen LogP) is 4.57. The first kappa shape index (κ1) is 18.1. The van der Waals surface area contributed by atoms with Crippen molar-refractivity contribution >= 4 is 28.8 Å². The van der Waals surface area contributed by atoms with Crippen LogP contribution in [0.4, 0.5) is 5.69 Å². The van der Waals surface area contributed by atoms with Gasteiger partial charge in [0.1, 0.15) is 0 Å². The van der Waals surface area contributed by atoms with Crippen molar-refractivity contribution in [3.05, 3.63) is 76.8 Å². The Hall–Kier alpha value is -3.25. The molecule has 140 valence electrons. The number of fused-ring (bicyclic) bond motifs is 1. The van der Waals surface area contributed by atoms with Gasteiger partial charge in [-0.2, -0.15) is 5.10 Å². The second-order valence-corrected chi connectivity index (χ2v) is 6.82. The van der Waals surface area contributed by atoms with Gasteiger partial charge in [0.2, 0.25) is 0 Å². The maximum atomic E-state index is 12.9. The van der Waals surface area contributed by atoms with Crippen LogP contribution in [0.15, 0.2) is 54.7 Å². The standard InChI is InChI=1S/C21H18ClN5O/c1-3-14-11-15(10-13(2)24-14)25-21(28)19-12-23-20-9-8-18(26-27(19)20)16-6-4-5-7-17(16)22/h4-12H,3H2,1-2H3,(H,24,25,28). The number of hydrogen-bond acceptors (Lipinski definition) is 4. The highest BCUT2D eigenvalue weighted by Gasteiger charge is 2.15. The van der Waals surface area contributed by atoms with E-state index < -0.39 is 0 Å². The van der Waals surface area contributed by atoms with Crippen LogP contribution in [0, 0.1) is 6.92 Å². The van der Waals surface area contributed by atoms with Crippen LogP contribution in [0.25, 0.3) is 16.9 Å². The number of carbonyl (C=O) groups is 1. The maximum Gasteiger partial charge on any atom is 0.276 e. The smallest absolute Gasteiger partial charge is 0.276 e. The SMILES string of the molecule is CCc1cc(NC(=O)c2cnc3ccc(-c4ccccc4Cl)nn23)cc(C)n1. The number of amides is 1. The molecule has 1 N–H and O–H groups in total. The molecule has 3 aromatic heterocycles. The summed E-state index contributed by atoms with van der Waals surface area (Å²) in [5, 5.41) is 8.09. The number of aromatic nitrogens is 4. The first-order valence-electron chi connectivity index (χ1n) is 8.94. The fourth-order valence-electron chi connectivity index (χ4n) is 3.03. The molecule has 1 aromatic carbocycles. The molecule has 4 rings (SSSR count). The van der Waals surface area contributed by atoms with E-state index in [4.69, 9.17) is 11.6 Å². The summed E-state index contributed by atoms with van der Waals surface area (Å²) in [6.45, 7) is 3.93. The van der Waals surface area contributed by atoms with Crippen LogP contribution >= 0.6 is 11.6 Å². The number of anilines is 1. The van der Waals surface area contributed by atoms with Crippen molar-refractivity contribution in [2.24, 2.45) is 0 Å². The molecule has 4 aromatic rings. The highest BCUT2D eigenvalue weighted by atomic mass is 35.5. The van der Waals surface area contributed by atoms with Crippen molar-refractivity contribution in [3.8, 4) is 11.3 Å². The molecule has 0 saturated heterocycles. The van der Waals surface area contributed by atoms with E-state index >= 15 is 0 Å². The lowest BCUT2D eigenvalue weighted by atomic mass is 10.1. The number of rotatable bonds is 4. The van der Waals surface area contributed by atoms with Crippen LogP contribution < -0.4 is 5.32 Å². The Bertz CT molecular complexity index is 1180. The molecule has 1 amide bonds. The number of imidazole rings is 1. The summed E-state index contributed by atoms with van der Waals surface area (Å²) >= 11 is 6.29. The molecule has 0 atom stereocenters. The molecular formula is C21H18ClN5O. The Balaban J connectivity index is 1.71. The van der Waals surface area contributed by atoms with Gasteiger partial charge in [-0.1, -0.05) is 36.7 Å². The molecule has 0 aliphatic carbocycles. The van der Waals surface area contributed by atoms with Gasteiger partial charge in [-0.15, -0.1) is 0 Å². The number of benzene rings is 1. The Morgan fingerprint density at radius 3 is 2.79 bits per heavy atom. The number of carbonyl (C=O) groups excluding carboxylic acids is 1. The van der Waals surface area contributed by atoms with E-state index in [-0.39, 0.29) is 5.91 Å². The largest absolute Gasteiger partial charge is 0.320 e. The van der Waals surface area contributed by atoms with Crippen LogP contribution in [-0.2, 0) is 6.42 Å². The molecule has 0 bridgehead atoms. The van der Waals surface area contributed by atoms with Gasteiger partial charge in [0.05, 0.1) is 16.9 Å². The van der Waals surface area contributed by atoms with Crippen LogP contribution in [0.5, 0.6) is 0 Å². The molecule has 0 saturated carbocycles. The van der Waals surface area contributed by atoms with Crippen molar-refractivity contribution < 1.29 is 4.79 Å². The van der Waals surface area contributed by atoms with E-state index in [1.165, 1.54) is 10.7 Å². The fraction of sp³-hybridized carbons (Fsp3) is 0.143. The third-order valence-corrected chi connectivity index (χ3v) is 4.70. The van der Waals surface area contributed by atoms with Gasteiger partial charge in [0.25, 0.3) is 5.91 Å². The zero-order valence-corrected chi connectivity index (χ0v) is 16.2. The number of nitrogens with one attached hydrogen (secondary N) is 1. The summed E-state index contributed by atoms with van der Waals surface area (Å²) < 4.78 is 1.53. The van der Waals surface area contributed by atoms with Crippen molar-refractivity contribution in [1.82, 2.24) is 19.6 Å². The summed E-state index contributed by atoms with van der Waals surface area (Å²) in [6, 6.07) is 14.8. The Labute approximate surface area is 167 Å². The zero-order chi connectivity index (χ0) is 19.7. The molecule has 0 aliphatic heterocycles. The van der Waals surface area contributed by atoms with E-state index in [2.05, 4.69) is 20.4 Å². The summed E-state index contributed by atoms with van der Waals surface area (Å²) in [5.74, 6) is -0.288. The first-order chi connectivity index (χ1) is 13.5. The van der Waals surface area contributed by atoms with Gasteiger partial charge in [0, 0.05) is 22.6 Å². The lowest BCUT2D eigenvalue weighted by Gasteiger charge is -2.08. The minimum absolute atomic E-state index is 0.288. The maximum absolute atomic E-state index is 12.9. The van der Waals surface area contributed by atoms with Gasteiger partial charge < -0.3 is 5.32 Å². The topological polar surface area (TPSA) is 72.2 Å². The summed E-state index contributed by atoms with van der Waals surface area (Å²) in [7, 11) is 0. The van der Waals surface area contributed by atoms with Gasteiger partial charge in [-0.05, 0) is 43.7 Å². The molecule has 3 heterocycles. The third-order valence-electron chi connectivity index (χ3n) is 4.37. The zero-order valence-electron chi connectivity index (χ0n) is 15.5. The van der Waals surface area contributed by atoms with Crippen LogP contribution in [0.3, 0.4) is 0 Å². The minimum Gasteiger partial charge on any atom is -0.320 e. The average Bonchev–Trinajstić information content (AvgIpc) is 3.11. The molecule has 28 heavy (non-hydrogen) atoms. The number of pyridine rings is 1. The summed E-state index contributed by atoms with van der Waals surface area (Å²) in [4.78, 5) is 21.6. The third kappa shape index (κ3) is 3.46. The molecule has 0 aliphatic rings. The Morgan fingerprint density at radius 1 is 1.18 bits per heavy atom. The molecule has 6 nitrogen and oxygen atoms in total. The molecular weight excluding hydrogens is 374 g/mol. The van der Waals surface area contributed by atoms with Gasteiger partial charge in [-0.3, -0.25) is 9.78 Å². The number of nitrogens with zero attached hydrogens (tertiary/aromatic N) is 4. The second-order valence-electron chi connectivity index (χ2n) is 6.41. The van der Waals surface area contributed by atoms with E-state index in [0.717, 1.165) is 23.4 Å². The van der Waals surface area contributed by atoms with Crippen LogP contribution in [0.2, 0.25) is 5.02 Å². The number of halogens is 1. The highest BCUT2D eigenvalue weighted by Crippen LogP contribution is 2.26. The van der Waals surface area contributed by atoms with Crippen molar-refractivity contribution in [3.63, 3.8) is 0 Å². The quantitative estimate of drug-likeness (QED) is 0.553. The second kappa shape index (κ2) is 7.40. The van der Waals surface area contributed by atoms with Crippen molar-refractivity contribution in [2.75, 3.05) is 5.32 Å². The van der Waals surface area contributed by atoms with Gasteiger partial charge in [0.15, 0.2) is 11.3 Å². The number of aryl methyl sites for hydroxylation is 2.